The molecule has 0 unspecified atom stereocenters. The first-order valence-corrected chi connectivity index (χ1v) is 6.71. The van der Waals surface area contributed by atoms with Gasteiger partial charge in [-0.25, -0.2) is 0 Å². The first-order chi connectivity index (χ1) is 8.18. The predicted molar refractivity (Wildman–Crippen MR) is 72.0 cm³/mol. The number of nitrogens with zero attached hydrogens (tertiary/aromatic N) is 2. The highest BCUT2D eigenvalue weighted by Crippen LogP contribution is 2.28. The van der Waals surface area contributed by atoms with Crippen LogP contribution in [-0.2, 0) is 7.05 Å². The lowest BCUT2D eigenvalue weighted by Crippen LogP contribution is -2.09. The smallest absolute Gasteiger partial charge is 0.147 e. The molecule has 1 aromatic heterocycles. The Balaban J connectivity index is 1.74. The van der Waals surface area contributed by atoms with Gasteiger partial charge in [-0.1, -0.05) is 25.7 Å². The summed E-state index contributed by atoms with van der Waals surface area (Å²) in [6.07, 6.45) is 8.33. The molecule has 3 N–H and O–H groups in total. The van der Waals surface area contributed by atoms with Gasteiger partial charge >= 0.3 is 0 Å². The second-order valence-electron chi connectivity index (χ2n) is 5.19. The van der Waals surface area contributed by atoms with E-state index >= 15 is 0 Å². The normalized spacial score (nSPS) is 16.6. The van der Waals surface area contributed by atoms with Gasteiger partial charge in [0.25, 0.3) is 0 Å². The van der Waals surface area contributed by atoms with Crippen LogP contribution >= 0.6 is 0 Å². The van der Waals surface area contributed by atoms with Crippen LogP contribution in [0.3, 0.4) is 0 Å². The molecule has 1 aromatic rings. The zero-order valence-corrected chi connectivity index (χ0v) is 11.0. The van der Waals surface area contributed by atoms with Crippen LogP contribution in [0.1, 0.15) is 44.2 Å². The van der Waals surface area contributed by atoms with Gasteiger partial charge in [0.15, 0.2) is 0 Å². The lowest BCUT2D eigenvalue weighted by molar-refractivity contribution is 0.491. The van der Waals surface area contributed by atoms with Crippen LogP contribution in [0.2, 0.25) is 0 Å². The lowest BCUT2D eigenvalue weighted by atomic mass is 10.0. The summed E-state index contributed by atoms with van der Waals surface area (Å²) in [4.78, 5) is 0. The van der Waals surface area contributed by atoms with Crippen molar-refractivity contribution in [3.63, 3.8) is 0 Å². The molecule has 0 atom stereocenters. The van der Waals surface area contributed by atoms with Crippen LogP contribution in [-0.4, -0.2) is 16.3 Å². The summed E-state index contributed by atoms with van der Waals surface area (Å²) in [7, 11) is 1.93. The van der Waals surface area contributed by atoms with Gasteiger partial charge in [0, 0.05) is 13.6 Å². The number of aromatic nitrogens is 2. The van der Waals surface area contributed by atoms with Crippen molar-refractivity contribution in [2.45, 2.75) is 45.4 Å². The monoisotopic (exact) mass is 236 g/mol. The van der Waals surface area contributed by atoms with Gasteiger partial charge in [-0.15, -0.1) is 0 Å². The minimum atomic E-state index is 0.786. The molecular weight excluding hydrogens is 212 g/mol. The molecule has 1 aliphatic carbocycles. The maximum absolute atomic E-state index is 5.96. The van der Waals surface area contributed by atoms with E-state index < -0.39 is 0 Å². The molecule has 2 rings (SSSR count). The number of hydrogen-bond donors (Lipinski definition) is 2. The highest BCUT2D eigenvalue weighted by atomic mass is 15.3. The van der Waals surface area contributed by atoms with Gasteiger partial charge in [-0.05, 0) is 25.7 Å². The van der Waals surface area contributed by atoms with Crippen LogP contribution in [0.25, 0.3) is 0 Å². The maximum Gasteiger partial charge on any atom is 0.147 e. The van der Waals surface area contributed by atoms with Crippen molar-refractivity contribution in [3.05, 3.63) is 5.69 Å². The van der Waals surface area contributed by atoms with E-state index in [0.29, 0.717) is 0 Å². The molecule has 1 heterocycles. The van der Waals surface area contributed by atoms with E-state index in [4.69, 9.17) is 5.73 Å². The summed E-state index contributed by atoms with van der Waals surface area (Å²) < 4.78 is 1.83. The van der Waals surface area contributed by atoms with Gasteiger partial charge in [0.1, 0.15) is 5.82 Å². The summed E-state index contributed by atoms with van der Waals surface area (Å²) in [5.74, 6) is 1.94. The first-order valence-electron chi connectivity index (χ1n) is 6.71. The molecule has 0 radical (unpaired) electrons. The fourth-order valence-corrected chi connectivity index (χ4v) is 2.78. The minimum Gasteiger partial charge on any atom is -0.394 e. The van der Waals surface area contributed by atoms with Gasteiger partial charge in [-0.2, -0.15) is 5.10 Å². The van der Waals surface area contributed by atoms with Gasteiger partial charge in [0.05, 0.1) is 11.4 Å². The number of nitrogens with one attached hydrogen (secondary N) is 1. The molecule has 1 fully saturated rings. The van der Waals surface area contributed by atoms with Crippen LogP contribution in [0.15, 0.2) is 0 Å². The molecule has 1 aliphatic rings. The molecule has 0 aromatic carbocycles. The van der Waals surface area contributed by atoms with E-state index in [-0.39, 0.29) is 0 Å². The second-order valence-corrected chi connectivity index (χ2v) is 5.19. The van der Waals surface area contributed by atoms with E-state index in [1.165, 1.54) is 38.5 Å². The SMILES string of the molecule is Cc1nn(C)c(NCCCC2CCCC2)c1N. The van der Waals surface area contributed by atoms with Gasteiger partial charge < -0.3 is 11.1 Å². The summed E-state index contributed by atoms with van der Waals surface area (Å²) in [5.41, 5.74) is 7.66. The number of nitrogens with two attached hydrogens (primary N) is 1. The maximum atomic E-state index is 5.96. The van der Waals surface area contributed by atoms with Crippen molar-refractivity contribution in [1.82, 2.24) is 9.78 Å². The first kappa shape index (κ1) is 12.3. The molecule has 0 aliphatic heterocycles. The summed E-state index contributed by atoms with van der Waals surface area (Å²) in [6.45, 7) is 2.94. The van der Waals surface area contributed by atoms with E-state index in [2.05, 4.69) is 10.4 Å². The Labute approximate surface area is 104 Å². The van der Waals surface area contributed by atoms with Crippen molar-refractivity contribution in [2.75, 3.05) is 17.6 Å². The molecule has 4 heteroatoms. The molecule has 4 nitrogen and oxygen atoms in total. The Morgan fingerprint density at radius 2 is 2.12 bits per heavy atom. The number of rotatable bonds is 5. The fourth-order valence-electron chi connectivity index (χ4n) is 2.78. The number of anilines is 2. The predicted octanol–water partition coefficient (Wildman–Crippen LogP) is 2.69. The molecule has 0 spiro atoms. The average molecular weight is 236 g/mol. The fraction of sp³-hybridized carbons (Fsp3) is 0.769. The lowest BCUT2D eigenvalue weighted by Gasteiger charge is -2.10. The molecular formula is C13H24N4. The molecule has 0 amide bonds. The van der Waals surface area contributed by atoms with Crippen molar-refractivity contribution >= 4 is 11.5 Å². The number of nitrogen functional groups attached to an aromatic ring is 1. The van der Waals surface area contributed by atoms with E-state index in [9.17, 15) is 0 Å². The van der Waals surface area contributed by atoms with Crippen molar-refractivity contribution < 1.29 is 0 Å². The van der Waals surface area contributed by atoms with Crippen molar-refractivity contribution in [2.24, 2.45) is 13.0 Å². The Morgan fingerprint density at radius 1 is 1.41 bits per heavy atom. The highest BCUT2D eigenvalue weighted by Gasteiger charge is 2.14. The van der Waals surface area contributed by atoms with E-state index in [0.717, 1.165) is 29.7 Å². The van der Waals surface area contributed by atoms with E-state index in [1.807, 2.05) is 18.7 Å². The summed E-state index contributed by atoms with van der Waals surface area (Å²) >= 11 is 0. The number of aryl methyl sites for hydroxylation is 2. The number of hydrogen-bond acceptors (Lipinski definition) is 3. The quantitative estimate of drug-likeness (QED) is 0.773. The standard InChI is InChI=1S/C13H24N4/c1-10-12(14)13(17(2)16-10)15-9-5-8-11-6-3-4-7-11/h11,15H,3-9,14H2,1-2H3. The summed E-state index contributed by atoms with van der Waals surface area (Å²) in [6, 6.07) is 0. The van der Waals surface area contributed by atoms with Crippen LogP contribution in [0.5, 0.6) is 0 Å². The topological polar surface area (TPSA) is 55.9 Å². The van der Waals surface area contributed by atoms with E-state index in [1.54, 1.807) is 0 Å². The third kappa shape index (κ3) is 2.93. The molecule has 17 heavy (non-hydrogen) atoms. The summed E-state index contributed by atoms with van der Waals surface area (Å²) in [5, 5.41) is 7.70. The Hall–Kier alpha value is -1.19. The van der Waals surface area contributed by atoms with Crippen LogP contribution in [0.4, 0.5) is 11.5 Å². The van der Waals surface area contributed by atoms with Crippen LogP contribution in [0, 0.1) is 12.8 Å². The van der Waals surface area contributed by atoms with Gasteiger partial charge in [-0.3, -0.25) is 4.68 Å². The zero-order valence-electron chi connectivity index (χ0n) is 11.0. The Bertz CT molecular complexity index is 364. The third-order valence-corrected chi connectivity index (χ3v) is 3.82. The third-order valence-electron chi connectivity index (χ3n) is 3.82. The van der Waals surface area contributed by atoms with Gasteiger partial charge in [0.2, 0.25) is 0 Å². The molecule has 1 saturated carbocycles. The highest BCUT2D eigenvalue weighted by molar-refractivity contribution is 5.64. The molecule has 0 bridgehead atoms. The zero-order chi connectivity index (χ0) is 12.3. The van der Waals surface area contributed by atoms with Crippen molar-refractivity contribution in [1.29, 1.82) is 0 Å². The second kappa shape index (κ2) is 5.43. The van der Waals surface area contributed by atoms with Crippen LogP contribution < -0.4 is 11.1 Å². The average Bonchev–Trinajstić information content (AvgIpc) is 2.87. The Morgan fingerprint density at radius 3 is 2.71 bits per heavy atom. The Kier molecular flexibility index (Phi) is 3.92. The minimum absolute atomic E-state index is 0.786. The molecule has 0 saturated heterocycles. The largest absolute Gasteiger partial charge is 0.394 e. The molecule has 96 valence electrons. The van der Waals surface area contributed by atoms with Crippen molar-refractivity contribution in [3.8, 4) is 0 Å².